The number of hydrogen-bond acceptors (Lipinski definition) is 4. The molecule has 1 unspecified atom stereocenters. The number of nitrogens with one attached hydrogen (secondary N) is 2. The van der Waals surface area contributed by atoms with Crippen molar-refractivity contribution in [1.29, 1.82) is 0 Å². The first-order chi connectivity index (χ1) is 7.97. The molecule has 0 radical (unpaired) electrons. The van der Waals surface area contributed by atoms with Gasteiger partial charge < -0.3 is 15.2 Å². The molecule has 0 spiro atoms. The van der Waals surface area contributed by atoms with E-state index in [2.05, 4.69) is 15.3 Å². The second-order valence-electron chi connectivity index (χ2n) is 3.77. The lowest BCUT2D eigenvalue weighted by molar-refractivity contribution is -0.123. The third-order valence-corrected chi connectivity index (χ3v) is 2.72. The summed E-state index contributed by atoms with van der Waals surface area (Å²) in [5, 5.41) is 2.59. The molecule has 7 heteroatoms. The maximum Gasteiger partial charge on any atom is 0.271 e. The highest BCUT2D eigenvalue weighted by Crippen LogP contribution is 2.17. The molecule has 0 aromatic carbocycles. The van der Waals surface area contributed by atoms with E-state index < -0.39 is 5.56 Å². The highest BCUT2D eigenvalue weighted by Gasteiger charge is 2.17. The van der Waals surface area contributed by atoms with Gasteiger partial charge in [0.25, 0.3) is 5.56 Å². The van der Waals surface area contributed by atoms with E-state index in [4.69, 9.17) is 11.6 Å². The van der Waals surface area contributed by atoms with E-state index in [0.29, 0.717) is 12.4 Å². The van der Waals surface area contributed by atoms with Gasteiger partial charge in [0.05, 0.1) is 12.2 Å². The van der Waals surface area contributed by atoms with Crippen LogP contribution in [0.5, 0.6) is 0 Å². The van der Waals surface area contributed by atoms with Crippen molar-refractivity contribution in [3.05, 3.63) is 21.7 Å². The van der Waals surface area contributed by atoms with E-state index in [9.17, 15) is 9.59 Å². The highest BCUT2D eigenvalue weighted by molar-refractivity contribution is 6.32. The van der Waals surface area contributed by atoms with Gasteiger partial charge in [-0.1, -0.05) is 18.5 Å². The van der Waals surface area contributed by atoms with Crippen LogP contribution in [0.15, 0.2) is 11.1 Å². The molecule has 17 heavy (non-hydrogen) atoms. The Morgan fingerprint density at radius 2 is 2.35 bits per heavy atom. The van der Waals surface area contributed by atoms with Crippen LogP contribution in [0.1, 0.15) is 6.92 Å². The fourth-order valence-electron chi connectivity index (χ4n) is 1.47. The molecule has 1 aromatic rings. The molecular formula is C10H15ClN4O2. The number of aromatic nitrogens is 2. The van der Waals surface area contributed by atoms with Gasteiger partial charge in [0.2, 0.25) is 5.91 Å². The predicted molar refractivity (Wildman–Crippen MR) is 66.4 cm³/mol. The van der Waals surface area contributed by atoms with E-state index >= 15 is 0 Å². The summed E-state index contributed by atoms with van der Waals surface area (Å²) in [6.07, 6.45) is 1.28. The molecule has 0 bridgehead atoms. The van der Waals surface area contributed by atoms with Crippen molar-refractivity contribution in [3.8, 4) is 0 Å². The summed E-state index contributed by atoms with van der Waals surface area (Å²) >= 11 is 5.84. The molecule has 2 N–H and O–H groups in total. The number of carbonyl (C=O) groups is 1. The topological polar surface area (TPSA) is 78.1 Å². The molecule has 0 saturated heterocycles. The molecule has 1 amide bonds. The Morgan fingerprint density at radius 3 is 2.94 bits per heavy atom. The highest BCUT2D eigenvalue weighted by atomic mass is 35.5. The van der Waals surface area contributed by atoms with Crippen molar-refractivity contribution in [1.82, 2.24) is 15.3 Å². The lowest BCUT2D eigenvalue weighted by Crippen LogP contribution is -2.35. The van der Waals surface area contributed by atoms with Gasteiger partial charge in [-0.3, -0.25) is 9.59 Å². The second-order valence-corrected chi connectivity index (χ2v) is 4.14. The fraction of sp³-hybridized carbons (Fsp3) is 0.500. The predicted octanol–water partition coefficient (Wildman–Crippen LogP) is 0.242. The average molecular weight is 259 g/mol. The van der Waals surface area contributed by atoms with E-state index in [1.807, 2.05) is 0 Å². The molecule has 1 rings (SSSR count). The summed E-state index contributed by atoms with van der Waals surface area (Å²) < 4.78 is 0. The van der Waals surface area contributed by atoms with Crippen LogP contribution in [0.2, 0.25) is 5.02 Å². The number of aromatic amines is 1. The lowest BCUT2D eigenvalue weighted by Gasteiger charge is -2.21. The Labute approximate surface area is 104 Å². The summed E-state index contributed by atoms with van der Waals surface area (Å²) in [7, 11) is 3.31. The maximum absolute atomic E-state index is 11.4. The van der Waals surface area contributed by atoms with Gasteiger partial charge in [-0.05, 0) is 0 Å². The largest absolute Gasteiger partial charge is 0.359 e. The summed E-state index contributed by atoms with van der Waals surface area (Å²) in [4.78, 5) is 30.7. The van der Waals surface area contributed by atoms with Crippen molar-refractivity contribution < 1.29 is 4.79 Å². The van der Waals surface area contributed by atoms with Crippen molar-refractivity contribution in [3.63, 3.8) is 0 Å². The molecule has 6 nitrogen and oxygen atoms in total. The molecule has 1 aromatic heterocycles. The van der Waals surface area contributed by atoms with E-state index in [0.717, 1.165) is 0 Å². The Morgan fingerprint density at radius 1 is 1.71 bits per heavy atom. The van der Waals surface area contributed by atoms with Crippen LogP contribution < -0.4 is 15.8 Å². The Balaban J connectivity index is 2.83. The van der Waals surface area contributed by atoms with Crippen molar-refractivity contribution in [2.75, 3.05) is 25.5 Å². The summed E-state index contributed by atoms with van der Waals surface area (Å²) in [6.45, 7) is 2.21. The van der Waals surface area contributed by atoms with Crippen LogP contribution in [-0.4, -0.2) is 36.5 Å². The second kappa shape index (κ2) is 5.67. The van der Waals surface area contributed by atoms with Gasteiger partial charge in [0, 0.05) is 20.6 Å². The Bertz CT molecular complexity index is 460. The van der Waals surface area contributed by atoms with Gasteiger partial charge in [-0.25, -0.2) is 4.98 Å². The first-order valence-corrected chi connectivity index (χ1v) is 5.51. The van der Waals surface area contributed by atoms with Crippen molar-refractivity contribution in [2.24, 2.45) is 5.92 Å². The van der Waals surface area contributed by atoms with Crippen LogP contribution in [-0.2, 0) is 4.79 Å². The fourth-order valence-corrected chi connectivity index (χ4v) is 1.71. The van der Waals surface area contributed by atoms with Gasteiger partial charge in [0.15, 0.2) is 5.82 Å². The third-order valence-electron chi connectivity index (χ3n) is 2.38. The summed E-state index contributed by atoms with van der Waals surface area (Å²) in [5.41, 5.74) is -0.392. The Kier molecular flexibility index (Phi) is 4.51. The first-order valence-electron chi connectivity index (χ1n) is 5.13. The molecular weight excluding hydrogens is 244 g/mol. The number of rotatable bonds is 4. The van der Waals surface area contributed by atoms with Crippen molar-refractivity contribution in [2.45, 2.75) is 6.92 Å². The average Bonchev–Trinajstić information content (AvgIpc) is 2.31. The molecule has 94 valence electrons. The minimum Gasteiger partial charge on any atom is -0.359 e. The monoisotopic (exact) mass is 258 g/mol. The standard InChI is InChI=1S/C10H15ClN4O2/c1-6(9(16)12-2)4-15(3)8-7(11)10(17)14-5-13-8/h5-6H,4H2,1-3H3,(H,12,16)(H,13,14,17). The van der Waals surface area contributed by atoms with Crippen molar-refractivity contribution >= 4 is 23.3 Å². The third kappa shape index (κ3) is 3.20. The van der Waals surface area contributed by atoms with Crippen LogP contribution in [0.3, 0.4) is 0 Å². The zero-order valence-electron chi connectivity index (χ0n) is 9.95. The van der Waals surface area contributed by atoms with Crippen LogP contribution in [0.4, 0.5) is 5.82 Å². The summed E-state index contributed by atoms with van der Waals surface area (Å²) in [5.74, 6) is 0.0751. The smallest absolute Gasteiger partial charge is 0.271 e. The normalized spacial score (nSPS) is 12.0. The number of hydrogen-bond donors (Lipinski definition) is 2. The zero-order chi connectivity index (χ0) is 13.0. The zero-order valence-corrected chi connectivity index (χ0v) is 10.7. The van der Waals surface area contributed by atoms with Gasteiger partial charge >= 0.3 is 0 Å². The van der Waals surface area contributed by atoms with Crippen LogP contribution >= 0.6 is 11.6 Å². The van der Waals surface area contributed by atoms with Crippen LogP contribution in [0, 0.1) is 5.92 Å². The molecule has 1 heterocycles. The molecule has 1 atom stereocenters. The quantitative estimate of drug-likeness (QED) is 0.811. The summed E-state index contributed by atoms with van der Waals surface area (Å²) in [6, 6.07) is 0. The number of carbonyl (C=O) groups excluding carboxylic acids is 1. The molecule has 0 aliphatic heterocycles. The lowest BCUT2D eigenvalue weighted by atomic mass is 10.1. The molecule has 0 aliphatic carbocycles. The molecule has 0 saturated carbocycles. The maximum atomic E-state index is 11.4. The minimum atomic E-state index is -0.392. The number of anilines is 1. The van der Waals surface area contributed by atoms with Gasteiger partial charge in [-0.15, -0.1) is 0 Å². The number of amides is 1. The number of H-pyrrole nitrogens is 1. The SMILES string of the molecule is CNC(=O)C(C)CN(C)c1nc[nH]c(=O)c1Cl. The van der Waals surface area contributed by atoms with E-state index in [-0.39, 0.29) is 16.8 Å². The molecule has 0 aliphatic rings. The molecule has 0 fully saturated rings. The van der Waals surface area contributed by atoms with Gasteiger partial charge in [-0.2, -0.15) is 0 Å². The first kappa shape index (κ1) is 13.5. The Hall–Kier alpha value is -1.56. The minimum absolute atomic E-state index is 0.0270. The van der Waals surface area contributed by atoms with E-state index in [1.165, 1.54) is 6.33 Å². The van der Waals surface area contributed by atoms with E-state index in [1.54, 1.807) is 25.9 Å². The van der Waals surface area contributed by atoms with Crippen LogP contribution in [0.25, 0.3) is 0 Å². The van der Waals surface area contributed by atoms with Gasteiger partial charge in [0.1, 0.15) is 5.02 Å². The number of halogens is 1. The number of nitrogens with zero attached hydrogens (tertiary/aromatic N) is 2.